The van der Waals surface area contributed by atoms with Crippen LogP contribution in [-0.4, -0.2) is 0 Å². The Morgan fingerprint density at radius 1 is 0.311 bits per heavy atom. The number of aromatic nitrogens is 5. The Morgan fingerprint density at radius 3 is 1.32 bits per heavy atom. The summed E-state index contributed by atoms with van der Waals surface area (Å²) in [7, 11) is 10.2. The number of pyridine rings is 5. The van der Waals surface area contributed by atoms with E-state index in [0.717, 1.165) is 111 Å². The quantitative estimate of drug-likeness (QED) is 0.142. The molecular formula is C98H106N5+5. The third-order valence-electron chi connectivity index (χ3n) is 20.0. The molecule has 0 bridgehead atoms. The maximum absolute atomic E-state index is 8.55. The van der Waals surface area contributed by atoms with Crippen molar-refractivity contribution in [3.63, 3.8) is 0 Å². The fourth-order valence-corrected chi connectivity index (χ4v) is 14.4. The second kappa shape index (κ2) is 31.6. The van der Waals surface area contributed by atoms with Crippen LogP contribution < -0.4 is 22.8 Å². The first-order chi connectivity index (χ1) is 54.9. The van der Waals surface area contributed by atoms with Crippen molar-refractivity contribution in [2.75, 3.05) is 0 Å². The van der Waals surface area contributed by atoms with Crippen molar-refractivity contribution in [1.29, 1.82) is 0 Å². The van der Waals surface area contributed by atoms with Gasteiger partial charge in [-0.2, -0.15) is 18.3 Å². The Bertz CT molecular complexity index is 6290. The molecule has 5 nitrogen and oxygen atoms in total. The van der Waals surface area contributed by atoms with E-state index < -0.39 is 33.8 Å². The average Bonchev–Trinajstić information content (AvgIpc) is 1.10. The molecule has 0 amide bonds. The number of fused-ring (bicyclic) bond motifs is 5. The molecule has 15 aromatic rings. The third kappa shape index (κ3) is 15.8. The van der Waals surface area contributed by atoms with E-state index in [1.807, 2.05) is 162 Å². The molecule has 0 radical (unpaired) electrons. The van der Waals surface area contributed by atoms with Gasteiger partial charge in [-0.05, 0) is 242 Å². The zero-order chi connectivity index (χ0) is 85.5. The number of benzene rings is 10. The van der Waals surface area contributed by atoms with Gasteiger partial charge >= 0.3 is 0 Å². The van der Waals surface area contributed by atoms with E-state index in [9.17, 15) is 0 Å². The van der Waals surface area contributed by atoms with Crippen LogP contribution in [0.2, 0.25) is 0 Å². The van der Waals surface area contributed by atoms with Gasteiger partial charge in [-0.1, -0.05) is 151 Å². The van der Waals surface area contributed by atoms with Crippen LogP contribution in [-0.2, 0) is 41.6 Å². The summed E-state index contributed by atoms with van der Waals surface area (Å²) in [6.45, 7) is 15.2. The molecule has 0 aliphatic rings. The van der Waals surface area contributed by atoms with Gasteiger partial charge in [0.15, 0.2) is 6.20 Å². The summed E-state index contributed by atoms with van der Waals surface area (Å²) in [5.41, 5.74) is 27.2. The highest BCUT2D eigenvalue weighted by molar-refractivity contribution is 5.93. The van der Waals surface area contributed by atoms with Gasteiger partial charge in [0.25, 0.3) is 0 Å². The molecule has 0 fully saturated rings. The highest BCUT2D eigenvalue weighted by Gasteiger charge is 2.24. The SMILES string of the molecule is Cc1ccccc1-c1c2ccccc2cc[n+]1C.[2H]C([2H])([2H])c1cc(C)cc(-c2cc(C)c3c(C)cccc3[n+]2C)c1C.[2H]C([2H])([2H])c1cc(C)cc(-c2ccc3c(C([2H])([2H])C(C)C)cccc3[n+]2C)c1C.[2H]C([2H])([2H])c1cc(C)cc(-c2ccc3ccccc3[n+]2C)c1C.[2H]C([2H])([2H])c1ccc(-c2ccc3ccccc3[n+]2C)c(C)c1. The molecule has 0 saturated carbocycles. The van der Waals surface area contributed by atoms with Crippen molar-refractivity contribution in [1.82, 2.24) is 0 Å². The summed E-state index contributed by atoms with van der Waals surface area (Å²) in [4.78, 5) is 0. The Balaban J connectivity index is 0.000000145. The maximum atomic E-state index is 8.55. The van der Waals surface area contributed by atoms with E-state index in [2.05, 4.69) is 192 Å². The largest absolute Gasteiger partial charge is 0.220 e. The molecule has 5 heterocycles. The maximum Gasteiger partial charge on any atom is 0.220 e. The van der Waals surface area contributed by atoms with Crippen molar-refractivity contribution in [3.8, 4) is 56.3 Å². The van der Waals surface area contributed by atoms with E-state index in [-0.39, 0.29) is 5.92 Å². The molecule has 0 unspecified atom stereocenters. The average molecular weight is 1370 g/mol. The fourth-order valence-electron chi connectivity index (χ4n) is 14.4. The molecule has 0 N–H and O–H groups in total. The number of hydrogen-bond acceptors (Lipinski definition) is 0. The Morgan fingerprint density at radius 2 is 0.767 bits per heavy atom. The number of aryl methyl sites for hydroxylation is 16. The molecule has 5 heteroatoms. The minimum atomic E-state index is -2.17. The summed E-state index contributed by atoms with van der Waals surface area (Å²) in [6, 6.07) is 78.9. The predicted molar refractivity (Wildman–Crippen MR) is 438 cm³/mol. The first-order valence-electron chi connectivity index (χ1n) is 42.4. The highest BCUT2D eigenvalue weighted by Crippen LogP contribution is 2.33. The van der Waals surface area contributed by atoms with Gasteiger partial charge in [0.05, 0.1) is 10.8 Å². The summed E-state index contributed by atoms with van der Waals surface area (Å²) in [5, 5.41) is 7.07. The molecule has 0 aliphatic carbocycles. The van der Waals surface area contributed by atoms with Gasteiger partial charge in [-0.25, -0.2) is 4.57 Å². The van der Waals surface area contributed by atoms with Gasteiger partial charge < -0.3 is 0 Å². The Labute approximate surface area is 634 Å². The first-order valence-corrected chi connectivity index (χ1v) is 35.4. The number of para-hydroxylation sites is 2. The zero-order valence-electron chi connectivity index (χ0n) is 76.9. The van der Waals surface area contributed by atoms with Crippen molar-refractivity contribution >= 4 is 54.4 Å². The summed E-state index contributed by atoms with van der Waals surface area (Å²) in [5.74, 6) is -0.154. The molecular weight excluding hydrogens is 1250 g/mol. The van der Waals surface area contributed by atoms with Crippen LogP contribution in [0.5, 0.6) is 0 Å². The van der Waals surface area contributed by atoms with E-state index in [4.69, 9.17) is 19.2 Å². The minimum absolute atomic E-state index is 0.154. The number of hydrogen-bond donors (Lipinski definition) is 0. The number of rotatable bonds is 7. The third-order valence-corrected chi connectivity index (χ3v) is 20.0. The van der Waals surface area contributed by atoms with E-state index >= 15 is 0 Å². The van der Waals surface area contributed by atoms with Crippen LogP contribution in [0.4, 0.5) is 0 Å². The lowest BCUT2D eigenvalue weighted by atomic mass is 9.95. The highest BCUT2D eigenvalue weighted by atomic mass is 15.0. The van der Waals surface area contributed by atoms with E-state index in [0.29, 0.717) is 27.8 Å². The molecule has 103 heavy (non-hydrogen) atoms. The lowest BCUT2D eigenvalue weighted by Crippen LogP contribution is -2.32. The monoisotopic (exact) mass is 1370 g/mol. The van der Waals surface area contributed by atoms with E-state index in [1.165, 1.54) is 54.9 Å². The predicted octanol–water partition coefficient (Wildman–Crippen LogP) is 22.2. The summed E-state index contributed by atoms with van der Waals surface area (Å²) in [6.07, 6.45) is 0.686. The van der Waals surface area contributed by atoms with Crippen LogP contribution in [0.25, 0.3) is 111 Å². The molecule has 10 aromatic carbocycles. The topological polar surface area (TPSA) is 19.4 Å². The van der Waals surface area contributed by atoms with Gasteiger partial charge in [0.2, 0.25) is 50.5 Å². The van der Waals surface area contributed by atoms with Crippen molar-refractivity contribution < 1.29 is 42.0 Å². The van der Waals surface area contributed by atoms with E-state index in [1.54, 1.807) is 30.3 Å². The summed E-state index contributed by atoms with van der Waals surface area (Å²) < 4.78 is 121. The molecule has 0 aliphatic heterocycles. The van der Waals surface area contributed by atoms with Crippen LogP contribution in [0.1, 0.15) is 116 Å². The molecule has 0 saturated heterocycles. The van der Waals surface area contributed by atoms with Crippen LogP contribution in [0.3, 0.4) is 0 Å². The van der Waals surface area contributed by atoms with Crippen LogP contribution in [0, 0.1) is 103 Å². The van der Waals surface area contributed by atoms with Crippen molar-refractivity contribution in [2.45, 2.75) is 117 Å². The molecule has 0 spiro atoms. The van der Waals surface area contributed by atoms with Gasteiger partial charge in [0, 0.05) is 118 Å². The van der Waals surface area contributed by atoms with Crippen molar-refractivity contribution in [2.24, 2.45) is 41.2 Å². The van der Waals surface area contributed by atoms with Gasteiger partial charge in [-0.3, -0.25) is 0 Å². The van der Waals surface area contributed by atoms with Crippen LogP contribution in [0.15, 0.2) is 243 Å². The normalized spacial score (nSPS) is 13.7. The standard InChI is InChI=1S/C23H28N.C21H24N.C19H20N.C18H18N.C17H16N/c1-15(2)12-19-8-7-9-22-20(19)10-11-23(24(22)6)21-14-16(3)13-17(4)18(21)5;1-13-10-15(3)17(5)18(11-13)20-12-16(4)21-14(2)8-7-9-19(21)22(20)6;1-13-11-14(2)15(3)17(12-13)19-10-9-16-7-5-6-8-18(16)20(19)4;1-13-8-10-16(14(2)12-13)18-11-9-15-6-4-5-7-17(15)19(18)3;1-13-7-3-5-9-15(13)17-16-10-6-4-8-14(16)11-12-18(17)2/h7-11,13-15H,12H2,1-6H3;7-12H,1-6H3;5-12H,1-4H3;4-12H,1-3H3;3-12H,1-2H3/q5*+1/i4D3,12D2;3D3;2D3;1D3;. The van der Waals surface area contributed by atoms with Gasteiger partial charge in [-0.15, -0.1) is 0 Å². The lowest BCUT2D eigenvalue weighted by Gasteiger charge is -2.12. The fraction of sp³-hybridized carbons (Fsp3) is 0.235. The van der Waals surface area contributed by atoms with Crippen LogP contribution >= 0.6 is 0 Å². The first kappa shape index (κ1) is 56.8. The van der Waals surface area contributed by atoms with Crippen molar-refractivity contribution in [3.05, 3.63) is 326 Å². The lowest BCUT2D eigenvalue weighted by molar-refractivity contribution is -0.659. The summed E-state index contributed by atoms with van der Waals surface area (Å²) >= 11 is 0. The zero-order valence-corrected chi connectivity index (χ0v) is 62.9. The second-order valence-corrected chi connectivity index (χ2v) is 27.9. The second-order valence-electron chi connectivity index (χ2n) is 27.9. The molecule has 5 aromatic heterocycles. The molecule has 0 atom stereocenters. The number of nitrogens with zero attached hydrogens (tertiary/aromatic N) is 5. The minimum Gasteiger partial charge on any atom is -0.200 e. The Kier molecular flexibility index (Phi) is 17.5. The molecule has 15 rings (SSSR count). The molecule has 518 valence electrons. The van der Waals surface area contributed by atoms with Gasteiger partial charge in [0.1, 0.15) is 35.2 Å². The Hall–Kier alpha value is -10.8. The smallest absolute Gasteiger partial charge is 0.200 e.